The van der Waals surface area contributed by atoms with Crippen LogP contribution in [0.1, 0.15) is 5.01 Å². The minimum Gasteiger partial charge on any atom is -0.395 e. The standard InChI is InChI=1S/C17H21Cl2N3O4S2/c18-10-5-11(19)7-12(6-10)28-17(26-3-2-23)15(25)14(9-24)22-8-13(20)16-21-1-4-27-16/h1,4-8,14-15,17,22-25H,2-3,9,20H2/b13-8-. The second-order valence-electron chi connectivity index (χ2n) is 5.57. The largest absolute Gasteiger partial charge is 0.395 e. The lowest BCUT2D eigenvalue weighted by Crippen LogP contribution is -2.47. The summed E-state index contributed by atoms with van der Waals surface area (Å²) >= 11 is 14.6. The van der Waals surface area contributed by atoms with E-state index < -0.39 is 17.6 Å². The van der Waals surface area contributed by atoms with E-state index in [-0.39, 0.29) is 19.8 Å². The molecule has 1 aromatic carbocycles. The number of aromatic nitrogens is 1. The summed E-state index contributed by atoms with van der Waals surface area (Å²) < 4.78 is 5.56. The van der Waals surface area contributed by atoms with Crippen molar-refractivity contribution >= 4 is 52.0 Å². The van der Waals surface area contributed by atoms with E-state index in [0.717, 1.165) is 0 Å². The Morgan fingerprint density at radius 1 is 1.32 bits per heavy atom. The van der Waals surface area contributed by atoms with Gasteiger partial charge in [0.2, 0.25) is 0 Å². The first-order valence-corrected chi connectivity index (χ1v) is 10.7. The maximum absolute atomic E-state index is 10.7. The molecule has 0 radical (unpaired) electrons. The van der Waals surface area contributed by atoms with Gasteiger partial charge in [-0.3, -0.25) is 0 Å². The number of rotatable bonds is 11. The van der Waals surface area contributed by atoms with Gasteiger partial charge < -0.3 is 31.1 Å². The average molecular weight is 466 g/mol. The van der Waals surface area contributed by atoms with Crippen molar-refractivity contribution in [3.63, 3.8) is 0 Å². The molecule has 6 N–H and O–H groups in total. The van der Waals surface area contributed by atoms with Crippen molar-refractivity contribution in [2.75, 3.05) is 19.8 Å². The minimum atomic E-state index is -1.14. The summed E-state index contributed by atoms with van der Waals surface area (Å²) in [6, 6.07) is 4.19. The molecular weight excluding hydrogens is 445 g/mol. The third-order valence-corrected chi connectivity index (χ3v) is 5.90. The maximum Gasteiger partial charge on any atom is 0.140 e. The number of thioether (sulfide) groups is 1. The molecule has 0 amide bonds. The van der Waals surface area contributed by atoms with Crippen LogP contribution >= 0.6 is 46.3 Å². The number of halogens is 2. The molecular formula is C17H21Cl2N3O4S2. The summed E-state index contributed by atoms with van der Waals surface area (Å²) in [6.45, 7) is -0.578. The van der Waals surface area contributed by atoms with Gasteiger partial charge >= 0.3 is 0 Å². The Bertz CT molecular complexity index is 745. The van der Waals surface area contributed by atoms with Gasteiger partial charge in [0, 0.05) is 32.7 Å². The molecule has 0 aliphatic carbocycles. The topological polar surface area (TPSA) is 121 Å². The van der Waals surface area contributed by atoms with Crippen LogP contribution in [0.3, 0.4) is 0 Å². The Balaban J connectivity index is 2.11. The van der Waals surface area contributed by atoms with Crippen molar-refractivity contribution < 1.29 is 20.1 Å². The van der Waals surface area contributed by atoms with Gasteiger partial charge in [0.1, 0.15) is 16.5 Å². The second-order valence-corrected chi connectivity index (χ2v) is 8.51. The van der Waals surface area contributed by atoms with Crippen LogP contribution in [0.15, 0.2) is 40.9 Å². The molecule has 0 fully saturated rings. The lowest BCUT2D eigenvalue weighted by atomic mass is 10.2. The van der Waals surface area contributed by atoms with Gasteiger partial charge in [-0.15, -0.1) is 11.3 Å². The maximum atomic E-state index is 10.7. The molecule has 0 aliphatic heterocycles. The van der Waals surface area contributed by atoms with Crippen molar-refractivity contribution in [1.82, 2.24) is 10.3 Å². The first-order valence-electron chi connectivity index (χ1n) is 8.20. The minimum absolute atomic E-state index is 0.0122. The number of nitrogens with one attached hydrogen (secondary N) is 1. The summed E-state index contributed by atoms with van der Waals surface area (Å²) in [5.74, 6) is 0. The van der Waals surface area contributed by atoms with Gasteiger partial charge in [-0.1, -0.05) is 35.0 Å². The van der Waals surface area contributed by atoms with Crippen molar-refractivity contribution in [2.24, 2.45) is 5.73 Å². The van der Waals surface area contributed by atoms with Crippen LogP contribution < -0.4 is 11.1 Å². The van der Waals surface area contributed by atoms with Crippen LogP contribution in [0.2, 0.25) is 10.0 Å². The highest BCUT2D eigenvalue weighted by Gasteiger charge is 2.29. The number of hydrogen-bond acceptors (Lipinski definition) is 9. The molecule has 7 nitrogen and oxygen atoms in total. The van der Waals surface area contributed by atoms with Crippen LogP contribution in [-0.2, 0) is 4.74 Å². The van der Waals surface area contributed by atoms with E-state index in [1.54, 1.807) is 29.8 Å². The molecule has 2 rings (SSSR count). The molecule has 0 bridgehead atoms. The highest BCUT2D eigenvalue weighted by Crippen LogP contribution is 2.32. The first-order chi connectivity index (χ1) is 13.4. The quantitative estimate of drug-likeness (QED) is 0.252. The average Bonchev–Trinajstić information content (AvgIpc) is 3.19. The molecule has 154 valence electrons. The SMILES string of the molecule is N/C(=C\NC(CO)C(O)C(OCCO)Sc1cc(Cl)cc(Cl)c1)c1nccs1. The molecule has 3 unspecified atom stereocenters. The highest BCUT2D eigenvalue weighted by atomic mass is 35.5. The zero-order valence-electron chi connectivity index (χ0n) is 14.7. The second kappa shape index (κ2) is 11.8. The molecule has 28 heavy (non-hydrogen) atoms. The summed E-state index contributed by atoms with van der Waals surface area (Å²) in [4.78, 5) is 4.77. The smallest absolute Gasteiger partial charge is 0.140 e. The van der Waals surface area contributed by atoms with E-state index in [9.17, 15) is 10.2 Å². The number of hydrogen-bond donors (Lipinski definition) is 5. The van der Waals surface area contributed by atoms with Crippen LogP contribution in [0.5, 0.6) is 0 Å². The van der Waals surface area contributed by atoms with Gasteiger partial charge in [-0.05, 0) is 18.2 Å². The van der Waals surface area contributed by atoms with Crippen molar-refractivity contribution in [1.29, 1.82) is 0 Å². The summed E-state index contributed by atoms with van der Waals surface area (Å²) in [5, 5.41) is 35.7. The molecule has 3 atom stereocenters. The third kappa shape index (κ3) is 7.09. The molecule has 0 spiro atoms. The van der Waals surface area contributed by atoms with E-state index in [0.29, 0.717) is 25.6 Å². The fourth-order valence-corrected chi connectivity index (χ4v) is 4.55. The van der Waals surface area contributed by atoms with Gasteiger partial charge in [0.25, 0.3) is 0 Å². The van der Waals surface area contributed by atoms with Crippen LogP contribution in [0, 0.1) is 0 Å². The number of nitrogens with zero attached hydrogens (tertiary/aromatic N) is 1. The molecule has 0 saturated carbocycles. The Morgan fingerprint density at radius 3 is 2.61 bits per heavy atom. The van der Waals surface area contributed by atoms with E-state index in [4.69, 9.17) is 38.8 Å². The van der Waals surface area contributed by atoms with E-state index in [1.165, 1.54) is 29.3 Å². The Morgan fingerprint density at radius 2 is 2.04 bits per heavy atom. The summed E-state index contributed by atoms with van der Waals surface area (Å²) in [6.07, 6.45) is 1.97. The number of aliphatic hydroxyl groups excluding tert-OH is 3. The Kier molecular flexibility index (Phi) is 9.83. The lowest BCUT2D eigenvalue weighted by Gasteiger charge is -2.29. The molecule has 11 heteroatoms. The normalized spacial score (nSPS) is 15.2. The lowest BCUT2D eigenvalue weighted by molar-refractivity contribution is -0.0216. The van der Waals surface area contributed by atoms with Crippen molar-refractivity contribution in [3.8, 4) is 0 Å². The molecule has 2 aromatic rings. The van der Waals surface area contributed by atoms with Crippen LogP contribution in [0.25, 0.3) is 5.70 Å². The van der Waals surface area contributed by atoms with Crippen molar-refractivity contribution in [3.05, 3.63) is 51.0 Å². The highest BCUT2D eigenvalue weighted by molar-refractivity contribution is 7.99. The number of aliphatic hydroxyl groups is 3. The van der Waals surface area contributed by atoms with Gasteiger partial charge in [-0.25, -0.2) is 4.98 Å². The molecule has 0 saturated heterocycles. The zero-order valence-corrected chi connectivity index (χ0v) is 17.8. The number of ether oxygens (including phenoxy) is 1. The zero-order chi connectivity index (χ0) is 20.5. The van der Waals surface area contributed by atoms with E-state index >= 15 is 0 Å². The van der Waals surface area contributed by atoms with Gasteiger partial charge in [0.15, 0.2) is 0 Å². The van der Waals surface area contributed by atoms with Gasteiger partial charge in [-0.2, -0.15) is 0 Å². The first kappa shape index (κ1) is 23.2. The summed E-state index contributed by atoms with van der Waals surface area (Å²) in [5.41, 5.74) is 5.51. The summed E-state index contributed by atoms with van der Waals surface area (Å²) in [7, 11) is 0. The monoisotopic (exact) mass is 465 g/mol. The van der Waals surface area contributed by atoms with Crippen LogP contribution in [-0.4, -0.2) is 57.7 Å². The molecule has 0 aliphatic rings. The number of thiazole rings is 1. The third-order valence-electron chi connectivity index (χ3n) is 3.48. The predicted molar refractivity (Wildman–Crippen MR) is 113 cm³/mol. The van der Waals surface area contributed by atoms with Gasteiger partial charge in [0.05, 0.1) is 31.6 Å². The van der Waals surface area contributed by atoms with Crippen LogP contribution in [0.4, 0.5) is 0 Å². The number of nitrogens with two attached hydrogens (primary N) is 1. The predicted octanol–water partition coefficient (Wildman–Crippen LogP) is 2.15. The Labute approximate surface area is 181 Å². The molecule has 1 aromatic heterocycles. The van der Waals surface area contributed by atoms with E-state index in [2.05, 4.69) is 10.3 Å². The number of benzene rings is 1. The molecule has 1 heterocycles. The van der Waals surface area contributed by atoms with Crippen molar-refractivity contribution in [2.45, 2.75) is 22.5 Å². The Hall–Kier alpha value is -1.04. The fourth-order valence-electron chi connectivity index (χ4n) is 2.18. The fraction of sp³-hybridized carbons (Fsp3) is 0.353. The van der Waals surface area contributed by atoms with E-state index in [1.807, 2.05) is 0 Å².